The van der Waals surface area contributed by atoms with Crippen LogP contribution in [-0.2, 0) is 6.18 Å². The lowest BCUT2D eigenvalue weighted by molar-refractivity contribution is -0.137. The molecule has 0 saturated heterocycles. The molecule has 9 heteroatoms. The van der Waals surface area contributed by atoms with Gasteiger partial charge in [0.15, 0.2) is 5.65 Å². The van der Waals surface area contributed by atoms with E-state index < -0.39 is 29.1 Å². The average Bonchev–Trinajstić information content (AvgIpc) is 2.67. The predicted octanol–water partition coefficient (Wildman–Crippen LogP) is 3.65. The molecule has 0 spiro atoms. The Morgan fingerprint density at radius 2 is 1.94 bits per heavy atom. The Kier molecular flexibility index (Phi) is 2.92. The van der Waals surface area contributed by atoms with E-state index in [1.165, 1.54) is 6.92 Å². The molecule has 0 radical (unpaired) electrons. The SMILES string of the molecule is Cc1cc(C(F)(F)F)c(Cl)n2nc(C(F)F)nc12. The summed E-state index contributed by atoms with van der Waals surface area (Å²) in [7, 11) is 0. The number of fused-ring (bicyclic) bond motifs is 1. The molecule has 0 aliphatic carbocycles. The molecule has 2 aromatic rings. The van der Waals surface area contributed by atoms with Crippen LogP contribution in [0.1, 0.15) is 23.4 Å². The van der Waals surface area contributed by atoms with Crippen LogP contribution in [0.15, 0.2) is 6.07 Å². The molecule has 98 valence electrons. The van der Waals surface area contributed by atoms with Gasteiger partial charge in [0, 0.05) is 0 Å². The molecule has 3 nitrogen and oxygen atoms in total. The molecule has 2 heterocycles. The van der Waals surface area contributed by atoms with Gasteiger partial charge in [0.2, 0.25) is 5.82 Å². The monoisotopic (exact) mass is 285 g/mol. The van der Waals surface area contributed by atoms with Crippen molar-refractivity contribution in [2.45, 2.75) is 19.5 Å². The van der Waals surface area contributed by atoms with Crippen molar-refractivity contribution < 1.29 is 22.0 Å². The lowest BCUT2D eigenvalue weighted by atomic mass is 10.2. The van der Waals surface area contributed by atoms with Crippen LogP contribution in [0.25, 0.3) is 5.65 Å². The maximum Gasteiger partial charge on any atom is 0.419 e. The highest BCUT2D eigenvalue weighted by atomic mass is 35.5. The Labute approximate surface area is 102 Å². The first-order valence-corrected chi connectivity index (χ1v) is 5.00. The summed E-state index contributed by atoms with van der Waals surface area (Å²) in [5.41, 5.74) is -1.20. The van der Waals surface area contributed by atoms with Crippen LogP contribution in [0.5, 0.6) is 0 Å². The molecular formula is C9H5ClF5N3. The highest BCUT2D eigenvalue weighted by Crippen LogP contribution is 2.36. The second kappa shape index (κ2) is 4.04. The zero-order valence-electron chi connectivity index (χ0n) is 8.76. The Balaban J connectivity index is 2.78. The fraction of sp³-hybridized carbons (Fsp3) is 0.333. The van der Waals surface area contributed by atoms with Crippen LogP contribution in [0.4, 0.5) is 22.0 Å². The molecule has 2 aromatic heterocycles. The van der Waals surface area contributed by atoms with Gasteiger partial charge in [0.1, 0.15) is 5.15 Å². The molecule has 0 bridgehead atoms. The van der Waals surface area contributed by atoms with E-state index in [-0.39, 0.29) is 11.2 Å². The number of nitrogens with zero attached hydrogens (tertiary/aromatic N) is 3. The quantitative estimate of drug-likeness (QED) is 0.591. The summed E-state index contributed by atoms with van der Waals surface area (Å²) in [5.74, 6) is -0.862. The van der Waals surface area contributed by atoms with E-state index in [1.54, 1.807) is 0 Å². The third-order valence-electron chi connectivity index (χ3n) is 2.25. The molecule has 0 aromatic carbocycles. The first-order valence-electron chi connectivity index (χ1n) is 4.63. The third kappa shape index (κ3) is 2.00. The zero-order valence-corrected chi connectivity index (χ0v) is 9.52. The van der Waals surface area contributed by atoms with Crippen molar-refractivity contribution >= 4 is 17.2 Å². The predicted molar refractivity (Wildman–Crippen MR) is 52.7 cm³/mol. The first-order chi connectivity index (χ1) is 8.21. The summed E-state index contributed by atoms with van der Waals surface area (Å²) in [5, 5.41) is 2.48. The van der Waals surface area contributed by atoms with Gasteiger partial charge in [-0.3, -0.25) is 0 Å². The molecule has 0 amide bonds. The van der Waals surface area contributed by atoms with E-state index in [0.29, 0.717) is 4.52 Å². The molecule has 18 heavy (non-hydrogen) atoms. The number of alkyl halides is 5. The summed E-state index contributed by atoms with van der Waals surface area (Å²) in [6.07, 6.45) is -7.66. The fourth-order valence-electron chi connectivity index (χ4n) is 1.47. The van der Waals surface area contributed by atoms with Crippen LogP contribution in [0.3, 0.4) is 0 Å². The molecule has 0 N–H and O–H groups in total. The molecule has 0 aliphatic rings. The standard InChI is InChI=1S/C9H5ClF5N3/c1-3-2-4(9(13,14)15)5(10)18-8(3)16-7(17-18)6(11)12/h2,6H,1H3. The summed E-state index contributed by atoms with van der Waals surface area (Å²) in [6, 6.07) is 0.752. The summed E-state index contributed by atoms with van der Waals surface area (Å²) in [4.78, 5) is 3.45. The van der Waals surface area contributed by atoms with Gasteiger partial charge >= 0.3 is 6.18 Å². The summed E-state index contributed by atoms with van der Waals surface area (Å²) >= 11 is 5.51. The molecule has 0 aliphatic heterocycles. The summed E-state index contributed by atoms with van der Waals surface area (Å²) < 4.78 is 63.3. The smallest absolute Gasteiger partial charge is 0.206 e. The molecule has 0 fully saturated rings. The van der Waals surface area contributed by atoms with Gasteiger partial charge in [-0.25, -0.2) is 18.3 Å². The molecular weight excluding hydrogens is 281 g/mol. The summed E-state index contributed by atoms with van der Waals surface area (Å²) in [6.45, 7) is 1.31. The van der Waals surface area contributed by atoms with Gasteiger partial charge < -0.3 is 0 Å². The van der Waals surface area contributed by atoms with Crippen LogP contribution >= 0.6 is 11.6 Å². The third-order valence-corrected chi connectivity index (χ3v) is 2.61. The highest BCUT2D eigenvalue weighted by molar-refractivity contribution is 6.30. The van der Waals surface area contributed by atoms with E-state index in [9.17, 15) is 22.0 Å². The van der Waals surface area contributed by atoms with E-state index in [4.69, 9.17) is 11.6 Å². The van der Waals surface area contributed by atoms with E-state index in [1.807, 2.05) is 0 Å². The van der Waals surface area contributed by atoms with Crippen LogP contribution in [0.2, 0.25) is 5.15 Å². The minimum Gasteiger partial charge on any atom is -0.206 e. The van der Waals surface area contributed by atoms with E-state index >= 15 is 0 Å². The maximum atomic E-state index is 12.6. The number of hydrogen-bond acceptors (Lipinski definition) is 2. The topological polar surface area (TPSA) is 30.2 Å². The van der Waals surface area contributed by atoms with Crippen molar-refractivity contribution in [3.8, 4) is 0 Å². The van der Waals surface area contributed by atoms with Crippen LogP contribution in [-0.4, -0.2) is 14.6 Å². The minimum atomic E-state index is -4.69. The molecule has 0 saturated carbocycles. The van der Waals surface area contributed by atoms with Gasteiger partial charge in [-0.2, -0.15) is 13.2 Å². The fourth-order valence-corrected chi connectivity index (χ4v) is 1.75. The number of pyridine rings is 1. The van der Waals surface area contributed by atoms with Crippen molar-refractivity contribution in [2.75, 3.05) is 0 Å². The van der Waals surface area contributed by atoms with Gasteiger partial charge in [-0.1, -0.05) is 11.6 Å². The molecule has 2 rings (SSSR count). The van der Waals surface area contributed by atoms with E-state index in [0.717, 1.165) is 6.07 Å². The van der Waals surface area contributed by atoms with Crippen molar-refractivity contribution in [1.29, 1.82) is 0 Å². The first kappa shape index (κ1) is 13.0. The number of halogens is 6. The minimum absolute atomic E-state index is 0.0612. The highest BCUT2D eigenvalue weighted by Gasteiger charge is 2.35. The second-order valence-electron chi connectivity index (χ2n) is 3.54. The van der Waals surface area contributed by atoms with Gasteiger partial charge in [0.25, 0.3) is 6.43 Å². The maximum absolute atomic E-state index is 12.6. The van der Waals surface area contributed by atoms with Crippen molar-refractivity contribution in [1.82, 2.24) is 14.6 Å². The number of rotatable bonds is 1. The van der Waals surface area contributed by atoms with Gasteiger partial charge in [-0.15, -0.1) is 5.10 Å². The average molecular weight is 286 g/mol. The lowest BCUT2D eigenvalue weighted by Gasteiger charge is -2.10. The second-order valence-corrected chi connectivity index (χ2v) is 3.89. The zero-order chi connectivity index (χ0) is 13.7. The largest absolute Gasteiger partial charge is 0.419 e. The number of aryl methyl sites for hydroxylation is 1. The molecule has 0 unspecified atom stereocenters. The number of hydrogen-bond donors (Lipinski definition) is 0. The van der Waals surface area contributed by atoms with Crippen LogP contribution in [0, 0.1) is 6.92 Å². The van der Waals surface area contributed by atoms with Crippen LogP contribution < -0.4 is 0 Å². The Hall–Kier alpha value is -1.44. The van der Waals surface area contributed by atoms with Gasteiger partial charge in [0.05, 0.1) is 5.56 Å². The van der Waals surface area contributed by atoms with Crippen molar-refractivity contribution in [3.05, 3.63) is 28.2 Å². The molecule has 0 atom stereocenters. The Morgan fingerprint density at radius 3 is 2.44 bits per heavy atom. The Morgan fingerprint density at radius 1 is 1.33 bits per heavy atom. The number of aromatic nitrogens is 3. The van der Waals surface area contributed by atoms with Crippen molar-refractivity contribution in [2.24, 2.45) is 0 Å². The van der Waals surface area contributed by atoms with Crippen molar-refractivity contribution in [3.63, 3.8) is 0 Å². The van der Waals surface area contributed by atoms with E-state index in [2.05, 4.69) is 10.1 Å². The van der Waals surface area contributed by atoms with Gasteiger partial charge in [-0.05, 0) is 18.6 Å². The lowest BCUT2D eigenvalue weighted by Crippen LogP contribution is -2.10. The Bertz CT molecular complexity index is 604. The normalized spacial score (nSPS) is 12.7.